The second kappa shape index (κ2) is 4.92. The SMILES string of the molecule is CC1CCc2c(sc3c2CSC(C(=O)NC2CC2)=C3)C1. The molecule has 20 heavy (non-hydrogen) atoms. The lowest BCUT2D eigenvalue weighted by Gasteiger charge is -2.19. The number of hydrogen-bond donors (Lipinski definition) is 1. The number of hydrogen-bond acceptors (Lipinski definition) is 3. The first-order valence-electron chi connectivity index (χ1n) is 7.49. The fourth-order valence-electron chi connectivity index (χ4n) is 3.04. The van der Waals surface area contributed by atoms with Gasteiger partial charge in [0.25, 0.3) is 5.91 Å². The molecule has 2 aliphatic carbocycles. The van der Waals surface area contributed by atoms with Crippen molar-refractivity contribution in [2.75, 3.05) is 0 Å². The molecule has 1 aromatic rings. The maximum Gasteiger partial charge on any atom is 0.257 e. The molecule has 106 valence electrons. The third-order valence-corrected chi connectivity index (χ3v) is 6.71. The molecule has 0 radical (unpaired) electrons. The summed E-state index contributed by atoms with van der Waals surface area (Å²) in [5, 5.41) is 3.10. The van der Waals surface area contributed by atoms with Crippen LogP contribution in [0.4, 0.5) is 0 Å². The molecule has 0 bridgehead atoms. The largest absolute Gasteiger partial charge is 0.349 e. The summed E-state index contributed by atoms with van der Waals surface area (Å²) in [7, 11) is 0. The molecule has 1 aromatic heterocycles. The molecule has 3 aliphatic rings. The van der Waals surface area contributed by atoms with Crippen LogP contribution >= 0.6 is 23.1 Å². The molecule has 0 aromatic carbocycles. The Balaban J connectivity index is 1.62. The molecule has 4 rings (SSSR count). The van der Waals surface area contributed by atoms with Crippen molar-refractivity contribution in [3.8, 4) is 0 Å². The number of thioether (sulfide) groups is 1. The van der Waals surface area contributed by atoms with Gasteiger partial charge in [-0.25, -0.2) is 0 Å². The summed E-state index contributed by atoms with van der Waals surface area (Å²) in [5.41, 5.74) is 3.12. The van der Waals surface area contributed by atoms with Gasteiger partial charge in [0.15, 0.2) is 0 Å². The van der Waals surface area contributed by atoms with E-state index >= 15 is 0 Å². The number of carbonyl (C=O) groups is 1. The summed E-state index contributed by atoms with van der Waals surface area (Å²) in [6.07, 6.45) is 8.23. The normalized spacial score (nSPS) is 24.6. The Morgan fingerprint density at radius 2 is 2.15 bits per heavy atom. The van der Waals surface area contributed by atoms with Gasteiger partial charge in [-0.2, -0.15) is 0 Å². The van der Waals surface area contributed by atoms with Crippen molar-refractivity contribution in [3.05, 3.63) is 25.8 Å². The Bertz CT molecular complexity index is 598. The lowest BCUT2D eigenvalue weighted by molar-refractivity contribution is -0.116. The second-order valence-corrected chi connectivity index (χ2v) is 8.39. The van der Waals surface area contributed by atoms with Crippen molar-refractivity contribution in [2.24, 2.45) is 5.92 Å². The smallest absolute Gasteiger partial charge is 0.257 e. The molecule has 1 saturated carbocycles. The Morgan fingerprint density at radius 3 is 2.95 bits per heavy atom. The van der Waals surface area contributed by atoms with Gasteiger partial charge in [-0.1, -0.05) is 6.92 Å². The van der Waals surface area contributed by atoms with Gasteiger partial charge in [0.05, 0.1) is 4.91 Å². The maximum atomic E-state index is 12.2. The average molecular weight is 305 g/mol. The Morgan fingerprint density at radius 1 is 1.30 bits per heavy atom. The Kier molecular flexibility index (Phi) is 3.19. The van der Waals surface area contributed by atoms with Crippen molar-refractivity contribution < 1.29 is 4.79 Å². The van der Waals surface area contributed by atoms with E-state index in [1.807, 2.05) is 11.3 Å². The predicted molar refractivity (Wildman–Crippen MR) is 85.9 cm³/mol. The molecule has 0 saturated heterocycles. The Labute approximate surface area is 128 Å². The van der Waals surface area contributed by atoms with Gasteiger partial charge in [0.1, 0.15) is 0 Å². The van der Waals surface area contributed by atoms with Crippen molar-refractivity contribution in [1.29, 1.82) is 0 Å². The first-order valence-corrected chi connectivity index (χ1v) is 9.29. The number of amides is 1. The zero-order chi connectivity index (χ0) is 13.7. The molecule has 1 fully saturated rings. The van der Waals surface area contributed by atoms with Crippen LogP contribution in [0, 0.1) is 5.92 Å². The van der Waals surface area contributed by atoms with E-state index < -0.39 is 0 Å². The molecule has 1 amide bonds. The fraction of sp³-hybridized carbons (Fsp3) is 0.562. The summed E-state index contributed by atoms with van der Waals surface area (Å²) in [5.74, 6) is 1.94. The van der Waals surface area contributed by atoms with Crippen LogP contribution < -0.4 is 5.32 Å². The summed E-state index contributed by atoms with van der Waals surface area (Å²) in [6, 6.07) is 0.447. The summed E-state index contributed by atoms with van der Waals surface area (Å²) >= 11 is 3.65. The molecule has 1 atom stereocenters. The molecule has 1 N–H and O–H groups in total. The van der Waals surface area contributed by atoms with Gasteiger partial charge in [-0.15, -0.1) is 23.1 Å². The third kappa shape index (κ3) is 2.33. The zero-order valence-corrected chi connectivity index (χ0v) is 13.3. The molecule has 0 spiro atoms. The summed E-state index contributed by atoms with van der Waals surface area (Å²) in [6.45, 7) is 2.35. The number of rotatable bonds is 2. The highest BCUT2D eigenvalue weighted by Gasteiger charge is 2.29. The second-order valence-electron chi connectivity index (χ2n) is 6.24. The van der Waals surface area contributed by atoms with E-state index in [1.165, 1.54) is 29.7 Å². The predicted octanol–water partition coefficient (Wildman–Crippen LogP) is 3.74. The number of nitrogens with one attached hydrogen (secondary N) is 1. The van der Waals surface area contributed by atoms with Crippen molar-refractivity contribution in [3.63, 3.8) is 0 Å². The third-order valence-electron chi connectivity index (χ3n) is 4.42. The van der Waals surface area contributed by atoms with E-state index in [0.717, 1.165) is 29.4 Å². The minimum absolute atomic E-state index is 0.142. The average Bonchev–Trinajstić information content (AvgIpc) is 3.17. The van der Waals surface area contributed by atoms with Crippen LogP contribution in [-0.4, -0.2) is 11.9 Å². The van der Waals surface area contributed by atoms with E-state index in [-0.39, 0.29) is 5.91 Å². The van der Waals surface area contributed by atoms with E-state index in [0.29, 0.717) is 6.04 Å². The number of carbonyl (C=O) groups excluding carboxylic acids is 1. The highest BCUT2D eigenvalue weighted by molar-refractivity contribution is 8.03. The standard InChI is InChI=1S/C16H19NOS2/c1-9-2-5-11-12-8-19-15(16(18)17-10-3-4-10)7-14(12)20-13(11)6-9/h7,9-10H,2-6,8H2,1H3,(H,17,18). The zero-order valence-electron chi connectivity index (χ0n) is 11.7. The molecule has 2 nitrogen and oxygen atoms in total. The molecule has 1 unspecified atom stereocenters. The maximum absolute atomic E-state index is 12.2. The molecular formula is C16H19NOS2. The van der Waals surface area contributed by atoms with Gasteiger partial charge in [-0.05, 0) is 55.2 Å². The molecule has 4 heteroatoms. The van der Waals surface area contributed by atoms with Crippen LogP contribution in [0.15, 0.2) is 4.91 Å². The lowest BCUT2D eigenvalue weighted by Crippen LogP contribution is -2.26. The van der Waals surface area contributed by atoms with Crippen molar-refractivity contribution in [1.82, 2.24) is 5.32 Å². The molecule has 1 aliphatic heterocycles. The highest BCUT2D eigenvalue weighted by atomic mass is 32.2. The van der Waals surface area contributed by atoms with E-state index in [9.17, 15) is 4.79 Å². The van der Waals surface area contributed by atoms with E-state index in [2.05, 4.69) is 18.3 Å². The van der Waals surface area contributed by atoms with Gasteiger partial charge < -0.3 is 5.32 Å². The van der Waals surface area contributed by atoms with Crippen LogP contribution in [0.1, 0.15) is 47.1 Å². The minimum atomic E-state index is 0.142. The van der Waals surface area contributed by atoms with Crippen LogP contribution in [0.3, 0.4) is 0 Å². The van der Waals surface area contributed by atoms with Crippen LogP contribution in [0.25, 0.3) is 6.08 Å². The topological polar surface area (TPSA) is 29.1 Å². The van der Waals surface area contributed by atoms with Crippen LogP contribution in [0.5, 0.6) is 0 Å². The fourth-order valence-corrected chi connectivity index (χ4v) is 5.70. The quantitative estimate of drug-likeness (QED) is 0.902. The van der Waals surface area contributed by atoms with Gasteiger partial charge in [0.2, 0.25) is 0 Å². The Hall–Kier alpha value is -0.740. The summed E-state index contributed by atoms with van der Waals surface area (Å²) < 4.78 is 0. The van der Waals surface area contributed by atoms with E-state index in [1.54, 1.807) is 22.2 Å². The molecule has 2 heterocycles. The monoisotopic (exact) mass is 305 g/mol. The van der Waals surface area contributed by atoms with Gasteiger partial charge in [0, 0.05) is 21.5 Å². The first-order chi connectivity index (χ1) is 9.70. The number of thiophene rings is 1. The van der Waals surface area contributed by atoms with Gasteiger partial charge in [-0.3, -0.25) is 4.79 Å². The van der Waals surface area contributed by atoms with Crippen LogP contribution in [-0.2, 0) is 23.4 Å². The molecular weight excluding hydrogens is 286 g/mol. The van der Waals surface area contributed by atoms with Crippen molar-refractivity contribution >= 4 is 35.1 Å². The lowest BCUT2D eigenvalue weighted by atomic mass is 9.88. The van der Waals surface area contributed by atoms with Crippen LogP contribution in [0.2, 0.25) is 0 Å². The van der Waals surface area contributed by atoms with Gasteiger partial charge >= 0.3 is 0 Å². The van der Waals surface area contributed by atoms with Crippen molar-refractivity contribution in [2.45, 2.75) is 50.8 Å². The van der Waals surface area contributed by atoms with E-state index in [4.69, 9.17) is 0 Å². The first kappa shape index (κ1) is 13.0. The number of fused-ring (bicyclic) bond motifs is 3. The highest BCUT2D eigenvalue weighted by Crippen LogP contribution is 2.43. The summed E-state index contributed by atoms with van der Waals surface area (Å²) in [4.78, 5) is 16.0. The minimum Gasteiger partial charge on any atom is -0.349 e.